The summed E-state index contributed by atoms with van der Waals surface area (Å²) < 4.78 is 0. The van der Waals surface area contributed by atoms with Crippen LogP contribution in [0.25, 0.3) is 27.7 Å². The first-order valence-corrected chi connectivity index (χ1v) is 11.9. The van der Waals surface area contributed by atoms with Crippen LogP contribution >= 0.6 is 0 Å². The highest BCUT2D eigenvalue weighted by molar-refractivity contribution is 5.95. The monoisotopic (exact) mass is 497 g/mol. The van der Waals surface area contributed by atoms with Crippen LogP contribution in [0.5, 0.6) is 0 Å². The lowest BCUT2D eigenvalue weighted by molar-refractivity contribution is 0.521. The average molecular weight is 498 g/mol. The van der Waals surface area contributed by atoms with Gasteiger partial charge in [0.1, 0.15) is 5.69 Å². The second-order valence-corrected chi connectivity index (χ2v) is 7.55. The molecule has 0 spiro atoms. The van der Waals surface area contributed by atoms with E-state index in [0.717, 1.165) is 50.6 Å². The van der Waals surface area contributed by atoms with Gasteiger partial charge in [-0.3, -0.25) is 15.1 Å². The van der Waals surface area contributed by atoms with Gasteiger partial charge in [0.15, 0.2) is 0 Å². The lowest BCUT2D eigenvalue weighted by Crippen LogP contribution is -2.16. The van der Waals surface area contributed by atoms with E-state index in [-0.39, 0.29) is 0 Å². The van der Waals surface area contributed by atoms with Gasteiger partial charge in [-0.05, 0) is 42.8 Å². The highest BCUT2D eigenvalue weighted by Gasteiger charge is 2.12. The fraction of sp³-hybridized carbons (Fsp3) is 0.167. The zero-order valence-electron chi connectivity index (χ0n) is 22.7. The van der Waals surface area contributed by atoms with E-state index in [2.05, 4.69) is 76.3 Å². The molecule has 0 fully saturated rings. The van der Waals surface area contributed by atoms with Crippen molar-refractivity contribution in [2.45, 2.75) is 20.8 Å². The Balaban J connectivity index is 0.00000106. The quantitative estimate of drug-likeness (QED) is 0.230. The number of H-pyrrole nitrogens is 1. The molecule has 194 valence electrons. The smallest absolute Gasteiger partial charge is 0.116 e. The van der Waals surface area contributed by atoms with E-state index in [1.54, 1.807) is 12.4 Å². The van der Waals surface area contributed by atoms with Gasteiger partial charge in [0, 0.05) is 36.9 Å². The minimum absolute atomic E-state index is 0.699. The van der Waals surface area contributed by atoms with Crippen molar-refractivity contribution >= 4 is 28.0 Å². The number of hydrogen-bond acceptors (Lipinski definition) is 6. The van der Waals surface area contributed by atoms with E-state index in [1.165, 1.54) is 0 Å². The van der Waals surface area contributed by atoms with Crippen LogP contribution < -0.4 is 10.6 Å². The summed E-state index contributed by atoms with van der Waals surface area (Å²) in [5.41, 5.74) is 7.13. The molecule has 0 saturated carbocycles. The molecule has 7 heteroatoms. The number of fused-ring (bicyclic) bond motifs is 1. The van der Waals surface area contributed by atoms with Gasteiger partial charge >= 0.3 is 0 Å². The Morgan fingerprint density at radius 3 is 2.16 bits per heavy atom. The van der Waals surface area contributed by atoms with Crippen LogP contribution in [-0.4, -0.2) is 39.2 Å². The molecule has 4 aromatic rings. The maximum Gasteiger partial charge on any atom is 0.116 e. The molecule has 0 saturated heterocycles. The van der Waals surface area contributed by atoms with Crippen LogP contribution in [0.15, 0.2) is 100 Å². The summed E-state index contributed by atoms with van der Waals surface area (Å²) in [5.74, 6) is 0.791. The predicted molar refractivity (Wildman–Crippen MR) is 161 cm³/mol. The van der Waals surface area contributed by atoms with Gasteiger partial charge in [0.25, 0.3) is 0 Å². The summed E-state index contributed by atoms with van der Waals surface area (Å²) in [6, 6.07) is 12.1. The molecule has 0 atom stereocenters. The third-order valence-corrected chi connectivity index (χ3v) is 4.96. The van der Waals surface area contributed by atoms with Crippen LogP contribution in [0.4, 0.5) is 11.4 Å². The van der Waals surface area contributed by atoms with E-state index in [0.29, 0.717) is 5.70 Å². The standard InChI is InChI=1S/C24H25N7.C2H6.2C2H4/c1-15-6-8-20(14-26-15)27-16(2)24-22-11-18(7-9-23(22)29-30-24)19-10-21(13-25-12-19)28-17(3)31(4)5;3*1-2/h6-14,27-28H,2-3H2,1,4-5H3,(H,29,30);1-2H3;2*1-2H2. The van der Waals surface area contributed by atoms with E-state index >= 15 is 0 Å². The number of aromatic nitrogens is 4. The number of pyridine rings is 2. The Kier molecular flexibility index (Phi) is 12.6. The van der Waals surface area contributed by atoms with Gasteiger partial charge in [-0.1, -0.05) is 33.1 Å². The number of rotatable bonds is 7. The lowest BCUT2D eigenvalue weighted by atomic mass is 10.0. The SMILES string of the molecule is C=C.C=C.C=C(Nc1ccc(C)nc1)c1n[nH]c2ccc(-c3cncc(NC(=C)N(C)C)c3)cc12.CC. The molecular formula is C30H39N7. The highest BCUT2D eigenvalue weighted by atomic mass is 15.2. The van der Waals surface area contributed by atoms with Crippen LogP contribution in [0, 0.1) is 6.92 Å². The summed E-state index contributed by atoms with van der Waals surface area (Å²) in [4.78, 5) is 10.6. The van der Waals surface area contributed by atoms with E-state index in [4.69, 9.17) is 0 Å². The Labute approximate surface area is 221 Å². The molecule has 0 amide bonds. The summed E-state index contributed by atoms with van der Waals surface area (Å²) in [6.45, 7) is 26.1. The second kappa shape index (κ2) is 15.4. The molecule has 0 aliphatic rings. The van der Waals surface area contributed by atoms with Crippen LogP contribution in [0.1, 0.15) is 25.2 Å². The third-order valence-electron chi connectivity index (χ3n) is 4.96. The minimum Gasteiger partial charge on any atom is -0.365 e. The Bertz CT molecular complexity index is 1290. The largest absolute Gasteiger partial charge is 0.365 e. The number of anilines is 2. The predicted octanol–water partition coefficient (Wildman–Crippen LogP) is 7.49. The van der Waals surface area contributed by atoms with Crippen LogP contribution in [-0.2, 0) is 0 Å². The molecule has 0 aliphatic carbocycles. The number of benzene rings is 1. The number of aromatic amines is 1. The highest BCUT2D eigenvalue weighted by Crippen LogP contribution is 2.29. The van der Waals surface area contributed by atoms with Gasteiger partial charge in [-0.15, -0.1) is 26.3 Å². The van der Waals surface area contributed by atoms with Crippen molar-refractivity contribution in [2.75, 3.05) is 24.7 Å². The molecule has 37 heavy (non-hydrogen) atoms. The number of nitrogens with one attached hydrogen (secondary N) is 3. The van der Waals surface area contributed by atoms with Crippen LogP contribution in [0.2, 0.25) is 0 Å². The molecule has 3 N–H and O–H groups in total. The molecule has 0 aliphatic heterocycles. The molecule has 3 heterocycles. The Hall–Kier alpha value is -4.65. The first-order chi connectivity index (χ1) is 17.9. The van der Waals surface area contributed by atoms with Gasteiger partial charge in [0.05, 0.1) is 40.8 Å². The van der Waals surface area contributed by atoms with E-state index in [1.807, 2.05) is 76.3 Å². The molecule has 0 radical (unpaired) electrons. The van der Waals surface area contributed by atoms with E-state index in [9.17, 15) is 0 Å². The molecule has 1 aromatic carbocycles. The van der Waals surface area contributed by atoms with Gasteiger partial charge < -0.3 is 15.5 Å². The summed E-state index contributed by atoms with van der Waals surface area (Å²) in [5, 5.41) is 15.1. The van der Waals surface area contributed by atoms with Gasteiger partial charge in [-0.25, -0.2) is 0 Å². The van der Waals surface area contributed by atoms with Crippen LogP contribution in [0.3, 0.4) is 0 Å². The number of nitrogens with zero attached hydrogens (tertiary/aromatic N) is 4. The van der Waals surface area contributed by atoms with Crippen molar-refractivity contribution in [3.63, 3.8) is 0 Å². The molecule has 0 unspecified atom stereocenters. The fourth-order valence-electron chi connectivity index (χ4n) is 3.14. The number of aryl methyl sites for hydroxylation is 1. The first kappa shape index (κ1) is 30.4. The fourth-order valence-corrected chi connectivity index (χ4v) is 3.14. The molecule has 0 bridgehead atoms. The van der Waals surface area contributed by atoms with Crippen molar-refractivity contribution in [3.05, 3.63) is 112 Å². The zero-order valence-corrected chi connectivity index (χ0v) is 22.7. The van der Waals surface area contributed by atoms with Crippen molar-refractivity contribution in [1.82, 2.24) is 25.1 Å². The second-order valence-electron chi connectivity index (χ2n) is 7.55. The topological polar surface area (TPSA) is 81.8 Å². The Morgan fingerprint density at radius 2 is 1.54 bits per heavy atom. The molecule has 7 nitrogen and oxygen atoms in total. The maximum absolute atomic E-state index is 4.47. The maximum atomic E-state index is 4.47. The first-order valence-electron chi connectivity index (χ1n) is 11.9. The number of hydrogen-bond donors (Lipinski definition) is 3. The zero-order chi connectivity index (χ0) is 28.0. The Morgan fingerprint density at radius 1 is 0.838 bits per heavy atom. The van der Waals surface area contributed by atoms with Gasteiger partial charge in [0.2, 0.25) is 0 Å². The van der Waals surface area contributed by atoms with Crippen molar-refractivity contribution < 1.29 is 0 Å². The molecule has 4 rings (SSSR count). The molecule has 3 aromatic heterocycles. The van der Waals surface area contributed by atoms with Crippen molar-refractivity contribution in [2.24, 2.45) is 0 Å². The lowest BCUT2D eigenvalue weighted by Gasteiger charge is -2.17. The summed E-state index contributed by atoms with van der Waals surface area (Å²) >= 11 is 0. The van der Waals surface area contributed by atoms with Crippen molar-refractivity contribution in [1.29, 1.82) is 0 Å². The summed E-state index contributed by atoms with van der Waals surface area (Å²) in [6.07, 6.45) is 5.41. The molecular weight excluding hydrogens is 458 g/mol. The average Bonchev–Trinajstić information content (AvgIpc) is 3.37. The summed E-state index contributed by atoms with van der Waals surface area (Å²) in [7, 11) is 3.88. The minimum atomic E-state index is 0.699. The normalized spacial score (nSPS) is 9.32. The van der Waals surface area contributed by atoms with Crippen molar-refractivity contribution in [3.8, 4) is 11.1 Å². The van der Waals surface area contributed by atoms with Gasteiger partial charge in [-0.2, -0.15) is 5.10 Å². The third kappa shape index (κ3) is 8.21. The van der Waals surface area contributed by atoms with E-state index < -0.39 is 0 Å².